The Morgan fingerprint density at radius 1 is 1.15 bits per heavy atom. The van der Waals surface area contributed by atoms with Crippen LogP contribution in [0.5, 0.6) is 0 Å². The summed E-state index contributed by atoms with van der Waals surface area (Å²) < 4.78 is 5.00. The summed E-state index contributed by atoms with van der Waals surface area (Å²) in [5.41, 5.74) is -0.243. The van der Waals surface area contributed by atoms with Gasteiger partial charge >= 0.3 is 0 Å². The number of carbonyl (C=O) groups excluding carboxylic acids is 2. The number of amides is 2. The molecule has 0 aliphatic heterocycles. The Balaban J connectivity index is 1.46. The molecule has 0 aromatic carbocycles. The molecule has 4 fully saturated rings. The van der Waals surface area contributed by atoms with Gasteiger partial charge in [0.15, 0.2) is 5.82 Å². The number of aryl methyl sites for hydroxylation is 1. The Hall–Kier alpha value is -1.85. The lowest BCUT2D eigenvalue weighted by atomic mass is 9.49. The zero-order valence-electron chi connectivity index (χ0n) is 15.9. The highest BCUT2D eigenvalue weighted by atomic mass is 16.5. The molecule has 1 aromatic rings. The van der Waals surface area contributed by atoms with Crippen LogP contribution in [0, 0.1) is 36.0 Å². The number of anilines is 1. The van der Waals surface area contributed by atoms with E-state index in [-0.39, 0.29) is 23.1 Å². The predicted octanol–water partition coefficient (Wildman–Crippen LogP) is 3.28. The molecule has 6 nitrogen and oxygen atoms in total. The minimum absolute atomic E-state index is 0.000797. The minimum atomic E-state index is -0.562. The first kappa shape index (κ1) is 17.6. The predicted molar refractivity (Wildman–Crippen MR) is 97.2 cm³/mol. The van der Waals surface area contributed by atoms with Crippen LogP contribution in [0.2, 0.25) is 0 Å². The van der Waals surface area contributed by atoms with Crippen LogP contribution in [0.3, 0.4) is 0 Å². The maximum absolute atomic E-state index is 13.2. The van der Waals surface area contributed by atoms with Crippen molar-refractivity contribution in [1.82, 2.24) is 10.5 Å². The Morgan fingerprint density at radius 2 is 1.73 bits per heavy atom. The van der Waals surface area contributed by atoms with Gasteiger partial charge in [-0.1, -0.05) is 19.0 Å². The van der Waals surface area contributed by atoms with Crippen molar-refractivity contribution in [3.63, 3.8) is 0 Å². The van der Waals surface area contributed by atoms with Crippen molar-refractivity contribution in [2.45, 2.75) is 65.3 Å². The van der Waals surface area contributed by atoms with Gasteiger partial charge in [-0.2, -0.15) is 0 Å². The van der Waals surface area contributed by atoms with Gasteiger partial charge in [-0.15, -0.1) is 0 Å². The van der Waals surface area contributed by atoms with Crippen molar-refractivity contribution in [1.29, 1.82) is 0 Å². The van der Waals surface area contributed by atoms with Gasteiger partial charge in [-0.3, -0.25) is 9.59 Å². The van der Waals surface area contributed by atoms with E-state index >= 15 is 0 Å². The highest BCUT2D eigenvalue weighted by Crippen LogP contribution is 2.60. The molecular weight excluding hydrogens is 330 g/mol. The Kier molecular flexibility index (Phi) is 4.32. The quantitative estimate of drug-likeness (QED) is 0.845. The smallest absolute Gasteiger partial charge is 0.248 e. The van der Waals surface area contributed by atoms with Crippen LogP contribution in [-0.2, 0) is 9.59 Å². The lowest BCUT2D eigenvalue weighted by Gasteiger charge is -2.55. The number of rotatable bonds is 5. The largest absolute Gasteiger partial charge is 0.360 e. The molecule has 4 aliphatic carbocycles. The van der Waals surface area contributed by atoms with Gasteiger partial charge in [-0.25, -0.2) is 0 Å². The lowest BCUT2D eigenvalue weighted by molar-refractivity contribution is -0.148. The standard InChI is InChI=1S/C20H29N3O3/c1-11(2)17(18(24)21-16-4-12(3)26-23-16)22-19(25)20-8-13-5-14(9-20)7-15(6-13)10-20/h4,11,13-15,17H,5-10H2,1-3H3,(H,22,25)(H,21,23,24)/t13?,14?,15?,17-,20?/m0/s1. The van der Waals surface area contributed by atoms with Crippen molar-refractivity contribution in [3.8, 4) is 0 Å². The van der Waals surface area contributed by atoms with E-state index in [1.165, 1.54) is 19.3 Å². The Morgan fingerprint density at radius 3 is 2.19 bits per heavy atom. The SMILES string of the molecule is Cc1cc(NC(=O)[C@@H](NC(=O)C23CC4CC(CC(C4)C2)C3)C(C)C)no1. The highest BCUT2D eigenvalue weighted by molar-refractivity contribution is 5.97. The first-order valence-corrected chi connectivity index (χ1v) is 9.90. The Bertz CT molecular complexity index is 674. The first-order valence-electron chi connectivity index (χ1n) is 9.90. The second-order valence-electron chi connectivity index (χ2n) is 9.21. The van der Waals surface area contributed by atoms with Gasteiger partial charge in [0.25, 0.3) is 0 Å². The summed E-state index contributed by atoms with van der Waals surface area (Å²) in [4.78, 5) is 26.0. The molecule has 2 N–H and O–H groups in total. The number of nitrogens with one attached hydrogen (secondary N) is 2. The van der Waals surface area contributed by atoms with Gasteiger partial charge in [0.2, 0.25) is 11.8 Å². The number of nitrogens with zero attached hydrogens (tertiary/aromatic N) is 1. The number of aromatic nitrogens is 1. The van der Waals surface area contributed by atoms with Crippen LogP contribution in [0.25, 0.3) is 0 Å². The van der Waals surface area contributed by atoms with Crippen molar-refractivity contribution in [2.75, 3.05) is 5.32 Å². The third-order valence-corrected chi connectivity index (χ3v) is 6.63. The zero-order valence-corrected chi connectivity index (χ0v) is 15.9. The summed E-state index contributed by atoms with van der Waals surface area (Å²) in [6.07, 6.45) is 6.89. The summed E-state index contributed by atoms with van der Waals surface area (Å²) in [6, 6.07) is 1.11. The average Bonchev–Trinajstić information content (AvgIpc) is 2.95. The van der Waals surface area contributed by atoms with Gasteiger partial charge in [0.1, 0.15) is 11.8 Å². The summed E-state index contributed by atoms with van der Waals surface area (Å²) in [7, 11) is 0. The molecule has 0 saturated heterocycles. The van der Waals surface area contributed by atoms with Crippen molar-refractivity contribution >= 4 is 17.6 Å². The molecule has 1 atom stereocenters. The molecule has 1 aromatic heterocycles. The Labute approximate surface area is 154 Å². The molecule has 0 radical (unpaired) electrons. The molecule has 0 spiro atoms. The van der Waals surface area contributed by atoms with Gasteiger partial charge in [-0.05, 0) is 69.1 Å². The normalized spacial score (nSPS) is 33.3. The van der Waals surface area contributed by atoms with Crippen LogP contribution in [-0.4, -0.2) is 23.0 Å². The average molecular weight is 359 g/mol. The highest BCUT2D eigenvalue weighted by Gasteiger charge is 2.55. The van der Waals surface area contributed by atoms with E-state index in [1.807, 2.05) is 13.8 Å². The molecule has 5 rings (SSSR count). The second kappa shape index (κ2) is 6.39. The molecule has 4 saturated carbocycles. The fourth-order valence-corrected chi connectivity index (χ4v) is 5.85. The van der Waals surface area contributed by atoms with E-state index < -0.39 is 6.04 Å². The molecule has 4 bridgehead atoms. The van der Waals surface area contributed by atoms with E-state index in [0.717, 1.165) is 19.3 Å². The van der Waals surface area contributed by atoms with E-state index in [4.69, 9.17) is 4.52 Å². The summed E-state index contributed by atoms with van der Waals surface area (Å²) in [5, 5.41) is 9.67. The third-order valence-electron chi connectivity index (χ3n) is 6.63. The van der Waals surface area contributed by atoms with Crippen LogP contribution in [0.1, 0.15) is 58.1 Å². The molecular formula is C20H29N3O3. The fraction of sp³-hybridized carbons (Fsp3) is 0.750. The number of carbonyl (C=O) groups is 2. The molecule has 6 heteroatoms. The molecule has 142 valence electrons. The summed E-state index contributed by atoms with van der Waals surface area (Å²) in [5.74, 6) is 3.00. The van der Waals surface area contributed by atoms with Gasteiger partial charge < -0.3 is 15.2 Å². The molecule has 4 aliphatic rings. The minimum Gasteiger partial charge on any atom is -0.360 e. The maximum atomic E-state index is 13.2. The molecule has 1 heterocycles. The van der Waals surface area contributed by atoms with E-state index in [9.17, 15) is 9.59 Å². The first-order chi connectivity index (χ1) is 12.3. The summed E-state index contributed by atoms with van der Waals surface area (Å²) >= 11 is 0. The van der Waals surface area contributed by atoms with Crippen molar-refractivity contribution < 1.29 is 14.1 Å². The van der Waals surface area contributed by atoms with Gasteiger partial charge in [0, 0.05) is 11.5 Å². The van der Waals surface area contributed by atoms with Gasteiger partial charge in [0.05, 0.1) is 0 Å². The van der Waals surface area contributed by atoms with E-state index in [1.54, 1.807) is 13.0 Å². The van der Waals surface area contributed by atoms with E-state index in [2.05, 4.69) is 15.8 Å². The lowest BCUT2D eigenvalue weighted by Crippen LogP contribution is -2.57. The van der Waals surface area contributed by atoms with Crippen molar-refractivity contribution in [2.24, 2.45) is 29.1 Å². The van der Waals surface area contributed by atoms with Crippen LogP contribution in [0.15, 0.2) is 10.6 Å². The monoisotopic (exact) mass is 359 g/mol. The topological polar surface area (TPSA) is 84.2 Å². The summed E-state index contributed by atoms with van der Waals surface area (Å²) in [6.45, 7) is 5.69. The fourth-order valence-electron chi connectivity index (χ4n) is 5.85. The van der Waals surface area contributed by atoms with Crippen molar-refractivity contribution in [3.05, 3.63) is 11.8 Å². The molecule has 26 heavy (non-hydrogen) atoms. The zero-order chi connectivity index (χ0) is 18.5. The van der Waals surface area contributed by atoms with Crippen LogP contribution in [0.4, 0.5) is 5.82 Å². The number of hydrogen-bond acceptors (Lipinski definition) is 4. The second-order valence-corrected chi connectivity index (χ2v) is 9.21. The third kappa shape index (κ3) is 3.14. The van der Waals surface area contributed by atoms with E-state index in [0.29, 0.717) is 29.3 Å². The van der Waals surface area contributed by atoms with Crippen LogP contribution >= 0.6 is 0 Å². The molecule has 2 amide bonds. The van der Waals surface area contributed by atoms with Crippen LogP contribution < -0.4 is 10.6 Å². The maximum Gasteiger partial charge on any atom is 0.248 e. The molecule has 0 unspecified atom stereocenters. The number of hydrogen-bond donors (Lipinski definition) is 2.